The standard InChI is InChI=1S/C29H29FN8O/c1-29(2)15-31-9-8-23(29)36-27-25-19(16-3-4-16)13-32-14-21(25)34-26(38-27)17-7-10-33-24(11-17)37-28-35-20-6-5-18(30)12-22(20)39-28/h5-7,10-14,16,23,31H,3-4,8-9,15H2,1-2H3,(H,33,35,37)(H,34,36,38)/t23-/m0/s1. The number of nitrogens with zero attached hydrogens (tertiary/aromatic N) is 5. The van der Waals surface area contributed by atoms with Crippen LogP contribution < -0.4 is 16.0 Å². The molecule has 10 heteroatoms. The van der Waals surface area contributed by atoms with Crippen molar-refractivity contribution in [3.8, 4) is 11.4 Å². The van der Waals surface area contributed by atoms with Gasteiger partial charge in [0.15, 0.2) is 11.4 Å². The Balaban J connectivity index is 1.27. The third kappa shape index (κ3) is 4.65. The number of aromatic nitrogens is 5. The molecular formula is C29H29FN8O. The van der Waals surface area contributed by atoms with Crippen LogP contribution in [0.3, 0.4) is 0 Å². The van der Waals surface area contributed by atoms with E-state index in [-0.39, 0.29) is 23.3 Å². The van der Waals surface area contributed by atoms with E-state index in [1.807, 2.05) is 24.5 Å². The van der Waals surface area contributed by atoms with E-state index in [2.05, 4.69) is 44.7 Å². The molecule has 1 aliphatic carbocycles. The van der Waals surface area contributed by atoms with Crippen molar-refractivity contribution < 1.29 is 8.81 Å². The minimum Gasteiger partial charge on any atom is -0.423 e. The van der Waals surface area contributed by atoms with Crippen LogP contribution in [-0.2, 0) is 0 Å². The Labute approximate surface area is 224 Å². The number of hydrogen-bond acceptors (Lipinski definition) is 9. The first kappa shape index (κ1) is 23.9. The van der Waals surface area contributed by atoms with Gasteiger partial charge in [0.25, 0.3) is 0 Å². The lowest BCUT2D eigenvalue weighted by Gasteiger charge is -2.40. The number of nitrogens with one attached hydrogen (secondary N) is 3. The van der Waals surface area contributed by atoms with E-state index >= 15 is 0 Å². The molecule has 5 aromatic rings. The Bertz CT molecular complexity index is 1700. The average Bonchev–Trinajstić information content (AvgIpc) is 3.69. The molecule has 2 aliphatic rings. The van der Waals surface area contributed by atoms with Crippen LogP contribution in [0.5, 0.6) is 0 Å². The van der Waals surface area contributed by atoms with Crippen molar-refractivity contribution in [2.45, 2.75) is 45.1 Å². The Kier molecular flexibility index (Phi) is 5.66. The van der Waals surface area contributed by atoms with Crippen LogP contribution in [0.1, 0.15) is 44.6 Å². The fraction of sp³-hybridized carbons (Fsp3) is 0.345. The number of oxazole rings is 1. The van der Waals surface area contributed by atoms with Crippen molar-refractivity contribution in [2.24, 2.45) is 5.41 Å². The highest BCUT2D eigenvalue weighted by Crippen LogP contribution is 2.44. The second-order valence-corrected chi connectivity index (χ2v) is 11.1. The van der Waals surface area contributed by atoms with Crippen molar-refractivity contribution in [3.05, 3.63) is 60.3 Å². The summed E-state index contributed by atoms with van der Waals surface area (Å²) in [5, 5.41) is 11.5. The van der Waals surface area contributed by atoms with Crippen LogP contribution in [-0.4, -0.2) is 44.1 Å². The van der Waals surface area contributed by atoms with Crippen LogP contribution in [0.15, 0.2) is 53.3 Å². The Morgan fingerprint density at radius 1 is 1.03 bits per heavy atom. The SMILES string of the molecule is CC1(C)CNCC[C@@H]1Nc1nc(-c2ccnc(Nc3nc4ccc(F)cc4o3)c2)nc2cncc(C3CC3)c12. The van der Waals surface area contributed by atoms with Crippen molar-refractivity contribution in [1.82, 2.24) is 30.2 Å². The van der Waals surface area contributed by atoms with E-state index in [9.17, 15) is 4.39 Å². The van der Waals surface area contributed by atoms with Gasteiger partial charge in [0, 0.05) is 42.0 Å². The third-order valence-corrected chi connectivity index (χ3v) is 7.70. The molecular weight excluding hydrogens is 495 g/mol. The molecule has 2 fully saturated rings. The van der Waals surface area contributed by atoms with Gasteiger partial charge in [-0.25, -0.2) is 19.3 Å². The van der Waals surface area contributed by atoms with E-state index in [4.69, 9.17) is 14.4 Å². The predicted molar refractivity (Wildman–Crippen MR) is 148 cm³/mol. The number of pyridine rings is 2. The summed E-state index contributed by atoms with van der Waals surface area (Å²) in [5.41, 5.74) is 3.83. The van der Waals surface area contributed by atoms with Gasteiger partial charge >= 0.3 is 6.01 Å². The molecule has 1 aliphatic heterocycles. The molecule has 39 heavy (non-hydrogen) atoms. The van der Waals surface area contributed by atoms with Crippen LogP contribution in [0.25, 0.3) is 33.4 Å². The molecule has 0 bridgehead atoms. The van der Waals surface area contributed by atoms with Crippen LogP contribution in [0.4, 0.5) is 22.0 Å². The highest BCUT2D eigenvalue weighted by Gasteiger charge is 2.34. The first-order chi connectivity index (χ1) is 18.9. The zero-order chi connectivity index (χ0) is 26.6. The van der Waals surface area contributed by atoms with Gasteiger partial charge < -0.3 is 15.1 Å². The Morgan fingerprint density at radius 2 is 1.92 bits per heavy atom. The molecule has 1 atom stereocenters. The zero-order valence-electron chi connectivity index (χ0n) is 21.8. The second-order valence-electron chi connectivity index (χ2n) is 11.1. The van der Waals surface area contributed by atoms with E-state index in [1.54, 1.807) is 12.3 Å². The zero-order valence-corrected chi connectivity index (χ0v) is 21.8. The first-order valence-electron chi connectivity index (χ1n) is 13.4. The molecule has 0 spiro atoms. The van der Waals surface area contributed by atoms with E-state index in [1.165, 1.54) is 30.5 Å². The molecule has 1 aromatic carbocycles. The quantitative estimate of drug-likeness (QED) is 0.254. The summed E-state index contributed by atoms with van der Waals surface area (Å²) < 4.78 is 19.2. The van der Waals surface area contributed by atoms with Crippen molar-refractivity contribution in [1.29, 1.82) is 0 Å². The highest BCUT2D eigenvalue weighted by atomic mass is 19.1. The lowest BCUT2D eigenvalue weighted by molar-refractivity contribution is 0.236. The maximum Gasteiger partial charge on any atom is 0.301 e. The number of hydrogen-bond donors (Lipinski definition) is 3. The first-order valence-corrected chi connectivity index (χ1v) is 13.4. The summed E-state index contributed by atoms with van der Waals surface area (Å²) in [5.74, 6) is 2.08. The number of rotatable bonds is 6. The van der Waals surface area contributed by atoms with Gasteiger partial charge in [0.1, 0.15) is 23.0 Å². The maximum atomic E-state index is 13.6. The van der Waals surface area contributed by atoms with Crippen molar-refractivity contribution in [3.63, 3.8) is 0 Å². The number of fused-ring (bicyclic) bond motifs is 2. The van der Waals surface area contributed by atoms with Crippen LogP contribution in [0.2, 0.25) is 0 Å². The Morgan fingerprint density at radius 3 is 2.77 bits per heavy atom. The van der Waals surface area contributed by atoms with Gasteiger partial charge in [-0.2, -0.15) is 4.98 Å². The molecule has 0 radical (unpaired) electrons. The summed E-state index contributed by atoms with van der Waals surface area (Å²) in [4.78, 5) is 23.3. The molecule has 1 saturated carbocycles. The largest absolute Gasteiger partial charge is 0.423 e. The lowest BCUT2D eigenvalue weighted by Crippen LogP contribution is -2.49. The van der Waals surface area contributed by atoms with Gasteiger partial charge in [0.05, 0.1) is 11.7 Å². The maximum absolute atomic E-state index is 13.6. The minimum atomic E-state index is -0.379. The average molecular weight is 525 g/mol. The van der Waals surface area contributed by atoms with Crippen molar-refractivity contribution in [2.75, 3.05) is 23.7 Å². The monoisotopic (exact) mass is 524 g/mol. The summed E-state index contributed by atoms with van der Waals surface area (Å²) in [6, 6.07) is 8.47. The fourth-order valence-corrected chi connectivity index (χ4v) is 5.35. The molecule has 4 aromatic heterocycles. The van der Waals surface area contributed by atoms with E-state index < -0.39 is 0 Å². The molecule has 5 heterocycles. The van der Waals surface area contributed by atoms with Crippen molar-refractivity contribution >= 4 is 39.7 Å². The topological polar surface area (TPSA) is 114 Å². The molecule has 0 amide bonds. The number of halogens is 1. The number of piperidine rings is 1. The minimum absolute atomic E-state index is 0.0682. The van der Waals surface area contributed by atoms with Gasteiger partial charge in [-0.15, -0.1) is 0 Å². The Hall–Kier alpha value is -4.18. The van der Waals surface area contributed by atoms with Gasteiger partial charge in [-0.1, -0.05) is 13.8 Å². The molecule has 9 nitrogen and oxygen atoms in total. The third-order valence-electron chi connectivity index (χ3n) is 7.70. The summed E-state index contributed by atoms with van der Waals surface area (Å²) in [6.07, 6.45) is 8.83. The molecule has 0 unspecified atom stereocenters. The van der Waals surface area contributed by atoms with Crippen LogP contribution >= 0.6 is 0 Å². The number of anilines is 3. The van der Waals surface area contributed by atoms with E-state index in [0.29, 0.717) is 28.7 Å². The second kappa shape index (κ2) is 9.23. The van der Waals surface area contributed by atoms with Gasteiger partial charge in [-0.05, 0) is 67.0 Å². The van der Waals surface area contributed by atoms with Gasteiger partial charge in [-0.3, -0.25) is 10.3 Å². The summed E-state index contributed by atoms with van der Waals surface area (Å²) in [7, 11) is 0. The predicted octanol–water partition coefficient (Wildman–Crippen LogP) is 5.79. The fourth-order valence-electron chi connectivity index (χ4n) is 5.35. The summed E-state index contributed by atoms with van der Waals surface area (Å²) >= 11 is 0. The van der Waals surface area contributed by atoms with E-state index in [0.717, 1.165) is 41.8 Å². The number of benzene rings is 1. The molecule has 198 valence electrons. The normalized spacial score (nSPS) is 18.9. The molecule has 1 saturated heterocycles. The highest BCUT2D eigenvalue weighted by molar-refractivity contribution is 5.93. The summed E-state index contributed by atoms with van der Waals surface area (Å²) in [6.45, 7) is 6.48. The van der Waals surface area contributed by atoms with Crippen LogP contribution in [0, 0.1) is 11.2 Å². The molecule has 3 N–H and O–H groups in total. The smallest absolute Gasteiger partial charge is 0.301 e. The molecule has 7 rings (SSSR count). The van der Waals surface area contributed by atoms with Gasteiger partial charge in [0.2, 0.25) is 0 Å². The lowest BCUT2D eigenvalue weighted by atomic mass is 9.80.